The summed E-state index contributed by atoms with van der Waals surface area (Å²) in [6.45, 7) is 2.99. The minimum atomic E-state index is -3.50. The van der Waals surface area contributed by atoms with Crippen LogP contribution >= 0.6 is 11.3 Å². The second-order valence-electron chi connectivity index (χ2n) is 4.78. The van der Waals surface area contributed by atoms with Crippen LogP contribution in [0.25, 0.3) is 0 Å². The van der Waals surface area contributed by atoms with E-state index in [0.29, 0.717) is 23.7 Å². The summed E-state index contributed by atoms with van der Waals surface area (Å²) >= 11 is 1.24. The van der Waals surface area contributed by atoms with Gasteiger partial charge in [0.05, 0.1) is 6.26 Å². The molecule has 0 amide bonds. The molecule has 2 rings (SSSR count). The Hall–Kier alpha value is -0.480. The minimum Gasteiger partial charge on any atom is -0.213 e. The molecule has 1 fully saturated rings. The largest absolute Gasteiger partial charge is 0.252 e. The van der Waals surface area contributed by atoms with Crippen molar-refractivity contribution in [2.75, 3.05) is 32.4 Å². The Balaban J connectivity index is 2.18. The molecule has 0 unspecified atom stereocenters. The van der Waals surface area contributed by atoms with Gasteiger partial charge in [-0.15, -0.1) is 11.3 Å². The SMILES string of the molecule is Cc1ccc(S(=O)(=O)N2CCCN(S(C)(=O)=O)CC2)s1. The number of rotatable bonds is 3. The number of nitrogens with zero attached hydrogens (tertiary/aromatic N) is 2. The van der Waals surface area contributed by atoms with Crippen LogP contribution in [0.15, 0.2) is 16.3 Å². The molecule has 9 heteroatoms. The molecule has 1 aromatic heterocycles. The van der Waals surface area contributed by atoms with Crippen LogP contribution in [0.5, 0.6) is 0 Å². The lowest BCUT2D eigenvalue weighted by Crippen LogP contribution is -2.36. The van der Waals surface area contributed by atoms with Crippen LogP contribution in [0, 0.1) is 6.92 Å². The summed E-state index contributed by atoms with van der Waals surface area (Å²) in [6, 6.07) is 3.38. The normalized spacial score (nSPS) is 19.9. The van der Waals surface area contributed by atoms with Gasteiger partial charge in [0.15, 0.2) is 0 Å². The number of aryl methyl sites for hydroxylation is 1. The summed E-state index contributed by atoms with van der Waals surface area (Å²) in [7, 11) is -6.77. The monoisotopic (exact) mass is 338 g/mol. The van der Waals surface area contributed by atoms with E-state index < -0.39 is 20.0 Å². The number of sulfonamides is 2. The van der Waals surface area contributed by atoms with Crippen molar-refractivity contribution in [1.82, 2.24) is 8.61 Å². The third-order valence-electron chi connectivity index (χ3n) is 3.19. The fourth-order valence-corrected chi connectivity index (χ4v) is 5.90. The van der Waals surface area contributed by atoms with Gasteiger partial charge in [-0.05, 0) is 25.5 Å². The summed E-state index contributed by atoms with van der Waals surface area (Å²) in [4.78, 5) is 0.941. The van der Waals surface area contributed by atoms with E-state index in [-0.39, 0.29) is 13.1 Å². The van der Waals surface area contributed by atoms with Crippen LogP contribution in [-0.2, 0) is 20.0 Å². The Morgan fingerprint density at radius 3 is 2.15 bits per heavy atom. The van der Waals surface area contributed by atoms with Crippen molar-refractivity contribution < 1.29 is 16.8 Å². The molecule has 20 heavy (non-hydrogen) atoms. The van der Waals surface area contributed by atoms with Crippen molar-refractivity contribution in [1.29, 1.82) is 0 Å². The van der Waals surface area contributed by atoms with Gasteiger partial charge in [0.25, 0.3) is 10.0 Å². The standard InChI is InChI=1S/C11H18N2O4S3/c1-10-4-5-11(18-10)20(16,17)13-7-3-6-12(8-9-13)19(2,14)15/h4-5H,3,6-9H2,1-2H3. The number of hydrogen-bond acceptors (Lipinski definition) is 5. The molecular weight excluding hydrogens is 320 g/mol. The second kappa shape index (κ2) is 5.72. The fourth-order valence-electron chi connectivity index (χ4n) is 2.12. The first-order chi connectivity index (χ1) is 9.21. The molecule has 1 aliphatic heterocycles. The zero-order chi connectivity index (χ0) is 15.0. The summed E-state index contributed by atoms with van der Waals surface area (Å²) in [5.74, 6) is 0. The first-order valence-electron chi connectivity index (χ1n) is 6.23. The molecular formula is C11H18N2O4S3. The smallest absolute Gasteiger partial charge is 0.213 e. The lowest BCUT2D eigenvalue weighted by molar-refractivity contribution is 0.407. The highest BCUT2D eigenvalue weighted by atomic mass is 32.2. The first-order valence-corrected chi connectivity index (χ1v) is 10.3. The van der Waals surface area contributed by atoms with E-state index in [1.807, 2.05) is 6.92 Å². The summed E-state index contributed by atoms with van der Waals surface area (Å²) < 4.78 is 51.0. The summed E-state index contributed by atoms with van der Waals surface area (Å²) in [5.41, 5.74) is 0. The Morgan fingerprint density at radius 2 is 1.60 bits per heavy atom. The topological polar surface area (TPSA) is 74.8 Å². The minimum absolute atomic E-state index is 0.201. The van der Waals surface area contributed by atoms with Crippen molar-refractivity contribution in [3.63, 3.8) is 0 Å². The molecule has 6 nitrogen and oxygen atoms in total. The maximum absolute atomic E-state index is 12.5. The van der Waals surface area contributed by atoms with Crippen molar-refractivity contribution >= 4 is 31.4 Å². The first kappa shape index (κ1) is 15.9. The molecule has 2 heterocycles. The van der Waals surface area contributed by atoms with Crippen LogP contribution in [0.3, 0.4) is 0 Å². The van der Waals surface area contributed by atoms with Gasteiger partial charge in [-0.2, -0.15) is 4.31 Å². The summed E-state index contributed by atoms with van der Waals surface area (Å²) in [5, 5.41) is 0. The van der Waals surface area contributed by atoms with Crippen molar-refractivity contribution in [2.45, 2.75) is 17.6 Å². The third-order valence-corrected chi connectivity index (χ3v) is 7.86. The molecule has 0 aliphatic carbocycles. The van der Waals surface area contributed by atoms with Gasteiger partial charge < -0.3 is 0 Å². The van der Waals surface area contributed by atoms with Gasteiger partial charge in [-0.25, -0.2) is 21.1 Å². The Kier molecular flexibility index (Phi) is 4.55. The Bertz CT molecular complexity index is 678. The van der Waals surface area contributed by atoms with E-state index in [1.54, 1.807) is 12.1 Å². The van der Waals surface area contributed by atoms with Crippen LogP contribution in [0.1, 0.15) is 11.3 Å². The van der Waals surface area contributed by atoms with Crippen LogP contribution in [-0.4, -0.2) is 57.9 Å². The molecule has 0 saturated carbocycles. The Morgan fingerprint density at radius 1 is 1.00 bits per heavy atom. The molecule has 0 radical (unpaired) electrons. The third kappa shape index (κ3) is 3.40. The van der Waals surface area contributed by atoms with Gasteiger partial charge >= 0.3 is 0 Å². The average molecular weight is 338 g/mol. The molecule has 0 bridgehead atoms. The molecule has 1 aliphatic rings. The average Bonchev–Trinajstić information content (AvgIpc) is 2.63. The predicted octanol–water partition coefficient (Wildman–Crippen LogP) is 0.713. The molecule has 1 aromatic rings. The molecule has 0 N–H and O–H groups in total. The van der Waals surface area contributed by atoms with Gasteiger partial charge in [0, 0.05) is 31.1 Å². The van der Waals surface area contributed by atoms with E-state index in [0.717, 1.165) is 11.1 Å². The molecule has 114 valence electrons. The van der Waals surface area contributed by atoms with Gasteiger partial charge in [0.1, 0.15) is 4.21 Å². The maximum atomic E-state index is 12.5. The molecule has 0 aromatic carbocycles. The fraction of sp³-hybridized carbons (Fsp3) is 0.636. The lowest BCUT2D eigenvalue weighted by atomic mass is 10.4. The van der Waals surface area contributed by atoms with Crippen molar-refractivity contribution in [3.8, 4) is 0 Å². The zero-order valence-corrected chi connectivity index (χ0v) is 13.9. The van der Waals surface area contributed by atoms with Crippen LogP contribution in [0.2, 0.25) is 0 Å². The van der Waals surface area contributed by atoms with E-state index in [2.05, 4.69) is 0 Å². The highest BCUT2D eigenvalue weighted by Crippen LogP contribution is 2.25. The molecule has 0 atom stereocenters. The van der Waals surface area contributed by atoms with Gasteiger partial charge in [-0.3, -0.25) is 0 Å². The van der Waals surface area contributed by atoms with E-state index in [1.165, 1.54) is 19.9 Å². The number of hydrogen-bond donors (Lipinski definition) is 0. The van der Waals surface area contributed by atoms with Gasteiger partial charge in [0.2, 0.25) is 10.0 Å². The molecule has 0 spiro atoms. The predicted molar refractivity (Wildman–Crippen MR) is 78.8 cm³/mol. The quantitative estimate of drug-likeness (QED) is 0.813. The van der Waals surface area contributed by atoms with E-state index in [4.69, 9.17) is 0 Å². The van der Waals surface area contributed by atoms with Crippen molar-refractivity contribution in [2.24, 2.45) is 0 Å². The highest BCUT2D eigenvalue weighted by molar-refractivity contribution is 7.91. The maximum Gasteiger partial charge on any atom is 0.252 e. The second-order valence-corrected chi connectivity index (χ2v) is 10.2. The van der Waals surface area contributed by atoms with Crippen LogP contribution in [0.4, 0.5) is 0 Å². The van der Waals surface area contributed by atoms with E-state index >= 15 is 0 Å². The number of thiophene rings is 1. The van der Waals surface area contributed by atoms with Gasteiger partial charge in [-0.1, -0.05) is 0 Å². The highest BCUT2D eigenvalue weighted by Gasteiger charge is 2.30. The lowest BCUT2D eigenvalue weighted by Gasteiger charge is -2.19. The Labute approximate surface area is 124 Å². The summed E-state index contributed by atoms with van der Waals surface area (Å²) in [6.07, 6.45) is 1.66. The molecule has 1 saturated heterocycles. The zero-order valence-electron chi connectivity index (χ0n) is 11.4. The van der Waals surface area contributed by atoms with Crippen LogP contribution < -0.4 is 0 Å². The van der Waals surface area contributed by atoms with Crippen molar-refractivity contribution in [3.05, 3.63) is 17.0 Å². The van der Waals surface area contributed by atoms with E-state index in [9.17, 15) is 16.8 Å².